The van der Waals surface area contributed by atoms with Gasteiger partial charge < -0.3 is 14.7 Å². The van der Waals surface area contributed by atoms with Gasteiger partial charge >= 0.3 is 5.97 Å². The van der Waals surface area contributed by atoms with Crippen molar-refractivity contribution in [1.29, 1.82) is 0 Å². The van der Waals surface area contributed by atoms with E-state index in [9.17, 15) is 9.90 Å². The summed E-state index contributed by atoms with van der Waals surface area (Å²) >= 11 is 0. The van der Waals surface area contributed by atoms with Crippen LogP contribution in [0.3, 0.4) is 0 Å². The number of benzene rings is 1. The summed E-state index contributed by atoms with van der Waals surface area (Å²) in [6.45, 7) is 5.90. The third kappa shape index (κ3) is 3.49. The molecule has 1 saturated heterocycles. The third-order valence-electron chi connectivity index (χ3n) is 3.64. The zero-order chi connectivity index (χ0) is 14.5. The summed E-state index contributed by atoms with van der Waals surface area (Å²) in [5.41, 5.74) is 0.811. The number of piperazine rings is 1. The molecule has 1 unspecified atom stereocenters. The lowest BCUT2D eigenvalue weighted by Crippen LogP contribution is -2.47. The van der Waals surface area contributed by atoms with Gasteiger partial charge in [-0.25, -0.2) is 0 Å². The Morgan fingerprint density at radius 2 is 1.85 bits per heavy atom. The van der Waals surface area contributed by atoms with Gasteiger partial charge in [-0.2, -0.15) is 0 Å². The molecule has 1 heterocycles. The molecule has 1 N–H and O–H groups in total. The first-order valence-electron chi connectivity index (χ1n) is 7.00. The van der Waals surface area contributed by atoms with Gasteiger partial charge in [0.05, 0.1) is 6.61 Å². The fourth-order valence-corrected chi connectivity index (χ4v) is 2.50. The maximum absolute atomic E-state index is 11.6. The lowest BCUT2D eigenvalue weighted by atomic mass is 10.0. The lowest BCUT2D eigenvalue weighted by Gasteiger charge is -2.36. The van der Waals surface area contributed by atoms with Crippen molar-refractivity contribution in [3.8, 4) is 5.75 Å². The van der Waals surface area contributed by atoms with Gasteiger partial charge in [0, 0.05) is 26.2 Å². The van der Waals surface area contributed by atoms with Crippen molar-refractivity contribution in [2.24, 2.45) is 0 Å². The van der Waals surface area contributed by atoms with E-state index in [-0.39, 0.29) is 0 Å². The predicted molar refractivity (Wildman–Crippen MR) is 77.1 cm³/mol. The van der Waals surface area contributed by atoms with E-state index in [4.69, 9.17) is 4.74 Å². The van der Waals surface area contributed by atoms with Crippen molar-refractivity contribution in [1.82, 2.24) is 9.80 Å². The number of nitrogens with zero attached hydrogens (tertiary/aromatic N) is 2. The molecule has 1 fully saturated rings. The van der Waals surface area contributed by atoms with Crippen LogP contribution >= 0.6 is 0 Å². The number of carboxylic acids is 1. The Balaban J connectivity index is 2.13. The molecule has 0 aliphatic carbocycles. The van der Waals surface area contributed by atoms with Crippen LogP contribution in [0.2, 0.25) is 0 Å². The first-order valence-corrected chi connectivity index (χ1v) is 7.00. The Bertz CT molecular complexity index is 439. The molecule has 5 heteroatoms. The topological polar surface area (TPSA) is 53.0 Å². The summed E-state index contributed by atoms with van der Waals surface area (Å²) in [6, 6.07) is 6.80. The van der Waals surface area contributed by atoms with E-state index < -0.39 is 12.0 Å². The summed E-state index contributed by atoms with van der Waals surface area (Å²) in [5, 5.41) is 9.53. The first kappa shape index (κ1) is 14.8. The van der Waals surface area contributed by atoms with Crippen LogP contribution in [-0.2, 0) is 4.79 Å². The molecule has 5 nitrogen and oxygen atoms in total. The molecule has 1 aromatic carbocycles. The van der Waals surface area contributed by atoms with Gasteiger partial charge in [0.25, 0.3) is 0 Å². The van der Waals surface area contributed by atoms with Crippen LogP contribution in [0.15, 0.2) is 24.3 Å². The highest BCUT2D eigenvalue weighted by Crippen LogP contribution is 2.24. The van der Waals surface area contributed by atoms with E-state index >= 15 is 0 Å². The molecule has 1 aromatic rings. The van der Waals surface area contributed by atoms with Crippen LogP contribution < -0.4 is 4.74 Å². The minimum absolute atomic E-state index is 0.570. The summed E-state index contributed by atoms with van der Waals surface area (Å²) in [5.74, 6) is -0.0162. The van der Waals surface area contributed by atoms with Crippen LogP contribution in [0.5, 0.6) is 5.75 Å². The molecular formula is C15H22N2O3. The number of rotatable bonds is 5. The maximum Gasteiger partial charge on any atom is 0.325 e. The largest absolute Gasteiger partial charge is 0.494 e. The second-order valence-corrected chi connectivity index (χ2v) is 5.08. The summed E-state index contributed by atoms with van der Waals surface area (Å²) in [7, 11) is 2.06. The average Bonchev–Trinajstić information content (AvgIpc) is 2.43. The van der Waals surface area contributed by atoms with Crippen molar-refractivity contribution >= 4 is 5.97 Å². The molecule has 0 bridgehead atoms. The van der Waals surface area contributed by atoms with Crippen LogP contribution in [0.1, 0.15) is 18.5 Å². The number of likely N-dealkylation sites (N-methyl/N-ethyl adjacent to an activating group) is 1. The van der Waals surface area contributed by atoms with E-state index in [1.807, 2.05) is 36.1 Å². The molecule has 0 amide bonds. The van der Waals surface area contributed by atoms with E-state index in [0.29, 0.717) is 6.61 Å². The van der Waals surface area contributed by atoms with E-state index in [0.717, 1.165) is 37.5 Å². The van der Waals surface area contributed by atoms with E-state index in [1.165, 1.54) is 0 Å². The number of hydrogen-bond acceptors (Lipinski definition) is 4. The smallest absolute Gasteiger partial charge is 0.325 e. The predicted octanol–water partition coefficient (Wildman–Crippen LogP) is 1.46. The van der Waals surface area contributed by atoms with Gasteiger partial charge in [0.15, 0.2) is 0 Å². The van der Waals surface area contributed by atoms with Crippen molar-refractivity contribution in [3.63, 3.8) is 0 Å². The van der Waals surface area contributed by atoms with Crippen LogP contribution in [0.25, 0.3) is 0 Å². The Morgan fingerprint density at radius 1 is 1.25 bits per heavy atom. The lowest BCUT2D eigenvalue weighted by molar-refractivity contribution is -0.144. The monoisotopic (exact) mass is 278 g/mol. The van der Waals surface area contributed by atoms with Gasteiger partial charge in [-0.1, -0.05) is 12.1 Å². The highest BCUT2D eigenvalue weighted by Gasteiger charge is 2.29. The molecule has 1 aliphatic rings. The van der Waals surface area contributed by atoms with Crippen LogP contribution in [0.4, 0.5) is 0 Å². The van der Waals surface area contributed by atoms with Crippen molar-refractivity contribution in [2.75, 3.05) is 39.8 Å². The molecule has 0 spiro atoms. The maximum atomic E-state index is 11.6. The van der Waals surface area contributed by atoms with Crippen molar-refractivity contribution < 1.29 is 14.6 Å². The average molecular weight is 278 g/mol. The molecule has 0 radical (unpaired) electrons. The number of aliphatic carboxylic acids is 1. The quantitative estimate of drug-likeness (QED) is 0.883. The summed E-state index contributed by atoms with van der Waals surface area (Å²) in [4.78, 5) is 15.8. The second kappa shape index (κ2) is 6.72. The van der Waals surface area contributed by atoms with Crippen LogP contribution in [0, 0.1) is 0 Å². The standard InChI is InChI=1S/C15H22N2O3/c1-3-20-13-6-4-12(5-7-13)14(15(18)19)17-10-8-16(2)9-11-17/h4-7,14H,3,8-11H2,1-2H3,(H,18,19). The van der Waals surface area contributed by atoms with Gasteiger partial charge in [-0.15, -0.1) is 0 Å². The highest BCUT2D eigenvalue weighted by atomic mass is 16.5. The van der Waals surface area contributed by atoms with E-state index in [2.05, 4.69) is 11.9 Å². The fourth-order valence-electron chi connectivity index (χ4n) is 2.50. The summed E-state index contributed by atoms with van der Waals surface area (Å²) < 4.78 is 5.39. The fraction of sp³-hybridized carbons (Fsp3) is 0.533. The van der Waals surface area contributed by atoms with Crippen LogP contribution in [-0.4, -0.2) is 60.7 Å². The summed E-state index contributed by atoms with van der Waals surface area (Å²) in [6.07, 6.45) is 0. The van der Waals surface area contributed by atoms with Crippen molar-refractivity contribution in [3.05, 3.63) is 29.8 Å². The Kier molecular flexibility index (Phi) is 4.98. The third-order valence-corrected chi connectivity index (χ3v) is 3.64. The molecule has 20 heavy (non-hydrogen) atoms. The number of carbonyl (C=O) groups is 1. The minimum atomic E-state index is -0.793. The van der Waals surface area contributed by atoms with Gasteiger partial charge in [0.2, 0.25) is 0 Å². The Labute approximate surface area is 119 Å². The molecule has 2 rings (SSSR count). The normalized spacial score (nSPS) is 18.7. The van der Waals surface area contributed by atoms with Gasteiger partial charge in [0.1, 0.15) is 11.8 Å². The Morgan fingerprint density at radius 3 is 2.35 bits per heavy atom. The number of carboxylic acid groups (broad SMARTS) is 1. The van der Waals surface area contributed by atoms with E-state index in [1.54, 1.807) is 0 Å². The SMILES string of the molecule is CCOc1ccc(C(C(=O)O)N2CCN(C)CC2)cc1. The minimum Gasteiger partial charge on any atom is -0.494 e. The van der Waals surface area contributed by atoms with Gasteiger partial charge in [-0.05, 0) is 31.7 Å². The number of ether oxygens (including phenoxy) is 1. The zero-order valence-electron chi connectivity index (χ0n) is 12.1. The van der Waals surface area contributed by atoms with Crippen molar-refractivity contribution in [2.45, 2.75) is 13.0 Å². The number of hydrogen-bond donors (Lipinski definition) is 1. The first-order chi connectivity index (χ1) is 9.61. The highest BCUT2D eigenvalue weighted by molar-refractivity contribution is 5.75. The molecule has 1 atom stereocenters. The molecular weight excluding hydrogens is 256 g/mol. The molecule has 0 saturated carbocycles. The molecule has 1 aliphatic heterocycles. The zero-order valence-corrected chi connectivity index (χ0v) is 12.1. The second-order valence-electron chi connectivity index (χ2n) is 5.08. The van der Waals surface area contributed by atoms with Gasteiger partial charge in [-0.3, -0.25) is 9.69 Å². The Hall–Kier alpha value is -1.59. The molecule has 110 valence electrons. The molecule has 0 aromatic heterocycles.